The smallest absolute Gasteiger partial charge is 0.407 e. The van der Waals surface area contributed by atoms with Crippen LogP contribution < -0.4 is 0 Å². The molecule has 0 aromatic heterocycles. The Morgan fingerprint density at radius 2 is 1.74 bits per heavy atom. The lowest BCUT2D eigenvalue weighted by atomic mass is 9.59. The van der Waals surface area contributed by atoms with Gasteiger partial charge in [-0.15, -0.1) is 0 Å². The number of piperazine rings is 1. The predicted octanol–water partition coefficient (Wildman–Crippen LogP) is 5.97. The van der Waals surface area contributed by atoms with Crippen LogP contribution in [0.2, 0.25) is 0 Å². The third kappa shape index (κ3) is 5.02. The number of amides is 1. The SMILES string of the molecule is CC(C)c1ccccc1C1CN(CC2CCCCC2)CCN1C1CC2(CCN(C(=O)O)CC2)C1. The molecule has 0 radical (unpaired) electrons. The summed E-state index contributed by atoms with van der Waals surface area (Å²) in [5.74, 6) is 1.44. The normalized spacial score (nSPS) is 27.3. The molecule has 5 heteroatoms. The van der Waals surface area contributed by atoms with Crippen molar-refractivity contribution < 1.29 is 9.90 Å². The van der Waals surface area contributed by atoms with Crippen molar-refractivity contribution in [3.63, 3.8) is 0 Å². The van der Waals surface area contributed by atoms with E-state index in [0.717, 1.165) is 38.4 Å². The van der Waals surface area contributed by atoms with Crippen LogP contribution in [0.1, 0.15) is 94.7 Å². The quantitative estimate of drug-likeness (QED) is 0.579. The van der Waals surface area contributed by atoms with E-state index in [-0.39, 0.29) is 0 Å². The highest BCUT2D eigenvalue weighted by atomic mass is 16.4. The third-order valence-corrected chi connectivity index (χ3v) is 9.62. The molecule has 1 atom stereocenters. The van der Waals surface area contributed by atoms with Crippen LogP contribution in [-0.4, -0.2) is 71.2 Å². The first-order valence-corrected chi connectivity index (χ1v) is 14.0. The van der Waals surface area contributed by atoms with E-state index in [1.54, 1.807) is 10.5 Å². The lowest BCUT2D eigenvalue weighted by Crippen LogP contribution is -2.60. The Bertz CT molecular complexity index is 834. The Balaban J connectivity index is 1.30. The molecule has 1 N–H and O–H groups in total. The van der Waals surface area contributed by atoms with Crippen LogP contribution in [0.3, 0.4) is 0 Å². The van der Waals surface area contributed by atoms with Crippen molar-refractivity contribution in [1.29, 1.82) is 0 Å². The second-order valence-corrected chi connectivity index (χ2v) is 12.1. The van der Waals surface area contributed by atoms with Crippen LogP contribution in [0, 0.1) is 11.3 Å². The van der Waals surface area contributed by atoms with Gasteiger partial charge in [-0.2, -0.15) is 0 Å². The van der Waals surface area contributed by atoms with Gasteiger partial charge in [0, 0.05) is 51.4 Å². The lowest BCUT2D eigenvalue weighted by molar-refractivity contribution is -0.0756. The molecule has 2 aliphatic carbocycles. The van der Waals surface area contributed by atoms with Crippen LogP contribution in [-0.2, 0) is 0 Å². The maximum Gasteiger partial charge on any atom is 0.407 e. The van der Waals surface area contributed by atoms with Crippen LogP contribution in [0.15, 0.2) is 24.3 Å². The summed E-state index contributed by atoms with van der Waals surface area (Å²) in [6.45, 7) is 10.9. The van der Waals surface area contributed by atoms with Gasteiger partial charge in [0.15, 0.2) is 0 Å². The van der Waals surface area contributed by atoms with E-state index in [0.29, 0.717) is 23.4 Å². The predicted molar refractivity (Wildman–Crippen MR) is 137 cm³/mol. The number of likely N-dealkylation sites (tertiary alicyclic amines) is 1. The highest BCUT2D eigenvalue weighted by Gasteiger charge is 2.50. The summed E-state index contributed by atoms with van der Waals surface area (Å²) in [5, 5.41) is 9.34. The van der Waals surface area contributed by atoms with Crippen molar-refractivity contribution >= 4 is 6.09 Å². The van der Waals surface area contributed by atoms with Gasteiger partial charge in [0.25, 0.3) is 0 Å². The zero-order valence-corrected chi connectivity index (χ0v) is 21.4. The number of hydrogen-bond donors (Lipinski definition) is 1. The molecule has 2 heterocycles. The number of carbonyl (C=O) groups is 1. The Morgan fingerprint density at radius 1 is 1.03 bits per heavy atom. The number of carboxylic acid groups (broad SMARTS) is 1. The molecule has 1 aromatic carbocycles. The fraction of sp³-hybridized carbons (Fsp3) is 0.759. The summed E-state index contributed by atoms with van der Waals surface area (Å²) in [6, 6.07) is 10.3. The minimum atomic E-state index is -0.745. The van der Waals surface area contributed by atoms with Gasteiger partial charge in [-0.25, -0.2) is 4.79 Å². The maximum absolute atomic E-state index is 11.4. The largest absolute Gasteiger partial charge is 0.465 e. The van der Waals surface area contributed by atoms with Gasteiger partial charge < -0.3 is 10.0 Å². The minimum absolute atomic E-state index is 0.387. The van der Waals surface area contributed by atoms with Crippen LogP contribution in [0.4, 0.5) is 4.79 Å². The fourth-order valence-electron chi connectivity index (χ4n) is 7.56. The van der Waals surface area contributed by atoms with Gasteiger partial charge in [-0.3, -0.25) is 9.80 Å². The van der Waals surface area contributed by atoms with Gasteiger partial charge in [-0.1, -0.05) is 57.4 Å². The minimum Gasteiger partial charge on any atom is -0.465 e. The van der Waals surface area contributed by atoms with Gasteiger partial charge in [0.1, 0.15) is 0 Å². The Labute approximate surface area is 206 Å². The average Bonchev–Trinajstić information content (AvgIpc) is 2.83. The van der Waals surface area contributed by atoms with Crippen molar-refractivity contribution in [2.24, 2.45) is 11.3 Å². The summed E-state index contributed by atoms with van der Waals surface area (Å²) in [4.78, 5) is 18.6. The van der Waals surface area contributed by atoms with E-state index in [1.165, 1.54) is 70.1 Å². The molecule has 34 heavy (non-hydrogen) atoms. The first-order valence-electron chi connectivity index (χ1n) is 14.0. The molecule has 4 fully saturated rings. The molecule has 2 saturated carbocycles. The molecule has 0 bridgehead atoms. The van der Waals surface area contributed by atoms with E-state index in [2.05, 4.69) is 47.9 Å². The van der Waals surface area contributed by atoms with Gasteiger partial charge in [-0.05, 0) is 66.9 Å². The van der Waals surface area contributed by atoms with Crippen LogP contribution >= 0.6 is 0 Å². The monoisotopic (exact) mass is 467 g/mol. The molecule has 5 nitrogen and oxygen atoms in total. The zero-order valence-electron chi connectivity index (χ0n) is 21.4. The second kappa shape index (κ2) is 10.2. The number of rotatable bonds is 5. The standard InChI is InChI=1S/C29H45N3O2/c1-22(2)25-10-6-7-11-26(25)27-21-30(20-23-8-4-3-5-9-23)16-17-32(27)24-18-29(19-24)12-14-31(15-13-29)28(33)34/h6-7,10-11,22-24,27H,3-5,8-9,12-21H2,1-2H3,(H,33,34). The van der Waals surface area contributed by atoms with Gasteiger partial charge in [0.05, 0.1) is 0 Å². The molecule has 1 amide bonds. The summed E-state index contributed by atoms with van der Waals surface area (Å²) < 4.78 is 0. The van der Waals surface area contributed by atoms with Crippen molar-refractivity contribution in [2.75, 3.05) is 39.3 Å². The second-order valence-electron chi connectivity index (χ2n) is 12.1. The lowest BCUT2D eigenvalue weighted by Gasteiger charge is -2.58. The average molecular weight is 468 g/mol. The van der Waals surface area contributed by atoms with Gasteiger partial charge >= 0.3 is 6.09 Å². The molecular formula is C29H45N3O2. The van der Waals surface area contributed by atoms with E-state index >= 15 is 0 Å². The van der Waals surface area contributed by atoms with E-state index in [1.807, 2.05) is 0 Å². The topological polar surface area (TPSA) is 47.0 Å². The Kier molecular flexibility index (Phi) is 7.22. The molecule has 4 aliphatic rings. The maximum atomic E-state index is 11.4. The molecule has 1 spiro atoms. The van der Waals surface area contributed by atoms with E-state index in [4.69, 9.17) is 0 Å². The number of benzene rings is 1. The number of piperidine rings is 1. The number of hydrogen-bond acceptors (Lipinski definition) is 3. The highest BCUT2D eigenvalue weighted by Crippen LogP contribution is 2.53. The molecular weight excluding hydrogens is 422 g/mol. The molecule has 5 rings (SSSR count). The summed E-state index contributed by atoms with van der Waals surface area (Å²) in [5.41, 5.74) is 3.45. The van der Waals surface area contributed by atoms with E-state index in [9.17, 15) is 9.90 Å². The molecule has 1 aromatic rings. The first kappa shape index (κ1) is 24.1. The molecule has 188 valence electrons. The molecule has 2 saturated heterocycles. The van der Waals surface area contributed by atoms with Crippen molar-refractivity contribution in [3.8, 4) is 0 Å². The highest BCUT2D eigenvalue weighted by molar-refractivity contribution is 5.65. The summed E-state index contributed by atoms with van der Waals surface area (Å²) >= 11 is 0. The van der Waals surface area contributed by atoms with Crippen molar-refractivity contribution in [3.05, 3.63) is 35.4 Å². The van der Waals surface area contributed by atoms with Crippen LogP contribution in [0.5, 0.6) is 0 Å². The van der Waals surface area contributed by atoms with Gasteiger partial charge in [0.2, 0.25) is 0 Å². The Morgan fingerprint density at radius 3 is 2.41 bits per heavy atom. The molecule has 2 aliphatic heterocycles. The molecule has 1 unspecified atom stereocenters. The zero-order chi connectivity index (χ0) is 23.7. The Hall–Kier alpha value is -1.59. The summed E-state index contributed by atoms with van der Waals surface area (Å²) in [6.07, 6.45) is 11.0. The van der Waals surface area contributed by atoms with Crippen molar-refractivity contribution in [2.45, 2.75) is 89.6 Å². The van der Waals surface area contributed by atoms with Crippen molar-refractivity contribution in [1.82, 2.24) is 14.7 Å². The van der Waals surface area contributed by atoms with Crippen LogP contribution in [0.25, 0.3) is 0 Å². The number of nitrogens with zero attached hydrogens (tertiary/aromatic N) is 3. The fourth-order valence-corrected chi connectivity index (χ4v) is 7.56. The first-order chi connectivity index (χ1) is 16.4. The summed E-state index contributed by atoms with van der Waals surface area (Å²) in [7, 11) is 0. The third-order valence-electron chi connectivity index (χ3n) is 9.62. The van der Waals surface area contributed by atoms with E-state index < -0.39 is 6.09 Å².